The van der Waals surface area contributed by atoms with Crippen molar-refractivity contribution in [2.45, 2.75) is 23.6 Å². The Morgan fingerprint density at radius 3 is 2.50 bits per heavy atom. The monoisotopic (exact) mass is 461 g/mol. The predicted octanol–water partition coefficient (Wildman–Crippen LogP) is 6.05. The van der Waals surface area contributed by atoms with Crippen molar-refractivity contribution in [3.63, 3.8) is 0 Å². The smallest absolute Gasteiger partial charge is 0.254 e. The van der Waals surface area contributed by atoms with Crippen molar-refractivity contribution in [3.8, 4) is 0 Å². The van der Waals surface area contributed by atoms with Crippen LogP contribution in [-0.4, -0.2) is 42.2 Å². The third kappa shape index (κ3) is 4.03. The molecule has 2 heterocycles. The Morgan fingerprint density at radius 2 is 1.72 bits per heavy atom. The lowest BCUT2D eigenvalue weighted by molar-refractivity contribution is 0.0746. The minimum atomic E-state index is 0.0474. The van der Waals surface area contributed by atoms with Gasteiger partial charge in [-0.25, -0.2) is 4.99 Å². The van der Waals surface area contributed by atoms with Crippen LogP contribution in [-0.2, 0) is 0 Å². The van der Waals surface area contributed by atoms with E-state index in [1.807, 2.05) is 47.4 Å². The summed E-state index contributed by atoms with van der Waals surface area (Å²) in [7, 11) is 0. The molecule has 6 heteroatoms. The van der Waals surface area contributed by atoms with Crippen molar-refractivity contribution in [1.29, 1.82) is 0 Å². The number of amides is 1. The molecular weight excluding hydrogens is 438 g/mol. The molecule has 0 unspecified atom stereocenters. The van der Waals surface area contributed by atoms with E-state index in [4.69, 9.17) is 11.6 Å². The van der Waals surface area contributed by atoms with Gasteiger partial charge in [0.05, 0.1) is 5.69 Å². The summed E-state index contributed by atoms with van der Waals surface area (Å²) in [6.45, 7) is 7.33. The van der Waals surface area contributed by atoms with Crippen LogP contribution < -0.4 is 4.90 Å². The molecule has 0 radical (unpaired) electrons. The number of carbonyl (C=O) groups excluding carboxylic acids is 1. The summed E-state index contributed by atoms with van der Waals surface area (Å²) >= 11 is 8.13. The predicted molar refractivity (Wildman–Crippen MR) is 133 cm³/mol. The van der Waals surface area contributed by atoms with E-state index in [1.54, 1.807) is 11.8 Å². The maximum atomic E-state index is 13.2. The Balaban J connectivity index is 1.33. The lowest BCUT2D eigenvalue weighted by atomic mass is 10.1. The minimum Gasteiger partial charge on any atom is -0.368 e. The first-order valence-corrected chi connectivity index (χ1v) is 12.0. The van der Waals surface area contributed by atoms with Crippen molar-refractivity contribution in [2.75, 3.05) is 31.1 Å². The average Bonchev–Trinajstić information content (AvgIpc) is 2.94. The quantitative estimate of drug-likeness (QED) is 0.466. The number of rotatable bonds is 2. The number of carbonyl (C=O) groups is 1. The summed E-state index contributed by atoms with van der Waals surface area (Å²) in [6, 6.07) is 20.3. The van der Waals surface area contributed by atoms with E-state index in [2.05, 4.69) is 41.9 Å². The normalized spacial score (nSPS) is 15.5. The van der Waals surface area contributed by atoms with Crippen molar-refractivity contribution < 1.29 is 4.79 Å². The highest BCUT2D eigenvalue weighted by atomic mass is 35.5. The van der Waals surface area contributed by atoms with Gasteiger partial charge in [-0.05, 0) is 49.7 Å². The molecule has 0 N–H and O–H groups in total. The Morgan fingerprint density at radius 1 is 0.938 bits per heavy atom. The SMILES string of the molecule is Cc1ccc(N2CCN(C(=O)c3ccc4c(c3)N=C(Cl)c3ccccc3S4)CC2)c(C)c1. The molecule has 2 aliphatic rings. The van der Waals surface area contributed by atoms with Crippen LogP contribution in [0.1, 0.15) is 27.0 Å². The highest BCUT2D eigenvalue weighted by molar-refractivity contribution is 7.99. The number of fused-ring (bicyclic) bond motifs is 2. The number of piperazine rings is 1. The van der Waals surface area contributed by atoms with Gasteiger partial charge in [0.2, 0.25) is 0 Å². The first-order valence-electron chi connectivity index (χ1n) is 10.8. The number of aryl methyl sites for hydroxylation is 2. The van der Waals surface area contributed by atoms with E-state index >= 15 is 0 Å². The zero-order valence-corrected chi connectivity index (χ0v) is 19.7. The van der Waals surface area contributed by atoms with Gasteiger partial charge >= 0.3 is 0 Å². The van der Waals surface area contributed by atoms with Gasteiger partial charge in [-0.3, -0.25) is 4.79 Å². The van der Waals surface area contributed by atoms with Crippen molar-refractivity contribution in [3.05, 3.63) is 82.9 Å². The molecule has 32 heavy (non-hydrogen) atoms. The average molecular weight is 462 g/mol. The Kier molecular flexibility index (Phi) is 5.70. The Labute approximate surface area is 197 Å². The van der Waals surface area contributed by atoms with Gasteiger partial charge in [-0.1, -0.05) is 59.3 Å². The molecule has 0 aliphatic carbocycles. The molecule has 1 saturated heterocycles. The maximum Gasteiger partial charge on any atom is 0.254 e. The van der Waals surface area contributed by atoms with Crippen LogP contribution in [0.3, 0.4) is 0 Å². The molecule has 5 rings (SSSR count). The number of hydrogen-bond donors (Lipinski definition) is 0. The summed E-state index contributed by atoms with van der Waals surface area (Å²) in [5.74, 6) is 0.0474. The van der Waals surface area contributed by atoms with Crippen molar-refractivity contribution in [2.24, 2.45) is 4.99 Å². The maximum absolute atomic E-state index is 13.2. The van der Waals surface area contributed by atoms with Crippen molar-refractivity contribution in [1.82, 2.24) is 4.90 Å². The third-order valence-electron chi connectivity index (χ3n) is 6.01. The van der Waals surface area contributed by atoms with Gasteiger partial charge in [-0.15, -0.1) is 0 Å². The zero-order chi connectivity index (χ0) is 22.2. The lowest BCUT2D eigenvalue weighted by Crippen LogP contribution is -2.49. The highest BCUT2D eigenvalue weighted by Gasteiger charge is 2.24. The fraction of sp³-hybridized carbons (Fsp3) is 0.231. The summed E-state index contributed by atoms with van der Waals surface area (Å²) in [5, 5.41) is 0.457. The Hall–Kier alpha value is -2.76. The van der Waals surface area contributed by atoms with Crippen molar-refractivity contribution >= 4 is 45.8 Å². The molecule has 1 amide bonds. The molecule has 0 bridgehead atoms. The van der Waals surface area contributed by atoms with Crippen LogP contribution in [0.25, 0.3) is 0 Å². The fourth-order valence-corrected chi connectivity index (χ4v) is 5.64. The summed E-state index contributed by atoms with van der Waals surface area (Å²) < 4.78 is 0. The molecule has 0 saturated carbocycles. The molecule has 162 valence electrons. The second-order valence-electron chi connectivity index (χ2n) is 8.25. The summed E-state index contributed by atoms with van der Waals surface area (Å²) in [6.07, 6.45) is 0. The van der Waals surface area contributed by atoms with E-state index < -0.39 is 0 Å². The number of nitrogens with zero attached hydrogens (tertiary/aromatic N) is 3. The second-order valence-corrected chi connectivity index (χ2v) is 9.69. The molecule has 0 atom stereocenters. The van der Waals surface area contributed by atoms with Gasteiger partial charge in [0.1, 0.15) is 5.17 Å². The van der Waals surface area contributed by atoms with Crippen LogP contribution in [0.5, 0.6) is 0 Å². The molecule has 1 fully saturated rings. The fourth-order valence-electron chi connectivity index (χ4n) is 4.33. The van der Waals surface area contributed by atoms with Gasteiger partial charge in [0.15, 0.2) is 0 Å². The summed E-state index contributed by atoms with van der Waals surface area (Å²) in [5.41, 5.74) is 6.13. The van der Waals surface area contributed by atoms with Crippen LogP contribution in [0.15, 0.2) is 75.4 Å². The van der Waals surface area contributed by atoms with Crippen LogP contribution in [0, 0.1) is 13.8 Å². The topological polar surface area (TPSA) is 35.9 Å². The molecular formula is C26H24ClN3OS. The molecule has 2 aliphatic heterocycles. The standard InChI is InChI=1S/C26H24ClN3OS/c1-17-7-9-22(18(2)15-17)29-11-13-30(14-12-29)26(31)19-8-10-24-21(16-19)28-25(27)20-5-3-4-6-23(20)32-24/h3-10,15-16H,11-14H2,1-2H3. The van der Waals surface area contributed by atoms with Gasteiger partial charge < -0.3 is 9.80 Å². The van der Waals surface area contributed by atoms with E-state index in [9.17, 15) is 4.79 Å². The van der Waals surface area contributed by atoms with E-state index in [0.29, 0.717) is 23.8 Å². The van der Waals surface area contributed by atoms with Gasteiger partial charge in [0, 0.05) is 52.8 Å². The molecule has 0 spiro atoms. The summed E-state index contributed by atoms with van der Waals surface area (Å²) in [4.78, 5) is 24.2. The zero-order valence-electron chi connectivity index (χ0n) is 18.1. The van der Waals surface area contributed by atoms with E-state index in [0.717, 1.165) is 34.1 Å². The number of aliphatic imine (C=N–C) groups is 1. The van der Waals surface area contributed by atoms with Gasteiger partial charge in [0.25, 0.3) is 5.91 Å². The molecule has 3 aromatic rings. The van der Waals surface area contributed by atoms with E-state index in [-0.39, 0.29) is 5.91 Å². The van der Waals surface area contributed by atoms with Crippen LogP contribution in [0.2, 0.25) is 0 Å². The number of hydrogen-bond acceptors (Lipinski definition) is 4. The largest absolute Gasteiger partial charge is 0.368 e. The third-order valence-corrected chi connectivity index (χ3v) is 7.44. The molecule has 0 aromatic heterocycles. The molecule has 3 aromatic carbocycles. The Bertz CT molecular complexity index is 1230. The number of benzene rings is 3. The van der Waals surface area contributed by atoms with Crippen LogP contribution in [0.4, 0.5) is 11.4 Å². The minimum absolute atomic E-state index is 0.0474. The first-order chi connectivity index (χ1) is 15.5. The van der Waals surface area contributed by atoms with E-state index in [1.165, 1.54) is 16.8 Å². The molecule has 4 nitrogen and oxygen atoms in total. The lowest BCUT2D eigenvalue weighted by Gasteiger charge is -2.37. The number of halogens is 1. The highest BCUT2D eigenvalue weighted by Crippen LogP contribution is 2.41. The van der Waals surface area contributed by atoms with Crippen LogP contribution >= 0.6 is 23.4 Å². The number of anilines is 1. The van der Waals surface area contributed by atoms with Gasteiger partial charge in [-0.2, -0.15) is 0 Å². The first kappa shape index (κ1) is 21.1. The second kappa shape index (κ2) is 8.64.